The van der Waals surface area contributed by atoms with Crippen LogP contribution in [0.2, 0.25) is 0 Å². The molecular weight excluding hydrogens is 276 g/mol. The van der Waals surface area contributed by atoms with Gasteiger partial charge in [0.05, 0.1) is 6.04 Å². The van der Waals surface area contributed by atoms with Crippen molar-refractivity contribution in [3.8, 4) is 0 Å². The van der Waals surface area contributed by atoms with E-state index in [0.717, 1.165) is 24.8 Å². The van der Waals surface area contributed by atoms with E-state index in [9.17, 15) is 9.59 Å². The molecule has 22 heavy (non-hydrogen) atoms. The predicted octanol–water partition coefficient (Wildman–Crippen LogP) is 2.26. The summed E-state index contributed by atoms with van der Waals surface area (Å²) in [6, 6.07) is 9.92. The lowest BCUT2D eigenvalue weighted by atomic mass is 9.93. The molecule has 1 heterocycles. The number of nitrogens with one attached hydrogen (secondary N) is 1. The second kappa shape index (κ2) is 6.77. The summed E-state index contributed by atoms with van der Waals surface area (Å²) in [6.45, 7) is 1.24. The van der Waals surface area contributed by atoms with Crippen molar-refractivity contribution in [2.24, 2.45) is 5.92 Å². The third-order valence-electron chi connectivity index (χ3n) is 4.42. The second-order valence-electron chi connectivity index (χ2n) is 6.15. The lowest BCUT2D eigenvalue weighted by Gasteiger charge is -2.21. The van der Waals surface area contributed by atoms with Crippen LogP contribution in [0.25, 0.3) is 0 Å². The maximum Gasteiger partial charge on any atom is 0.225 e. The zero-order valence-corrected chi connectivity index (χ0v) is 12.7. The summed E-state index contributed by atoms with van der Waals surface area (Å²) in [5.74, 6) is 0.296. The molecule has 0 saturated carbocycles. The van der Waals surface area contributed by atoms with E-state index in [2.05, 4.69) is 17.5 Å². The molecule has 1 fully saturated rings. The molecule has 1 aromatic carbocycles. The molecule has 0 radical (unpaired) electrons. The number of hydrogen-bond acceptors (Lipinski definition) is 2. The highest BCUT2D eigenvalue weighted by Crippen LogP contribution is 2.20. The van der Waals surface area contributed by atoms with Gasteiger partial charge in [-0.2, -0.15) is 0 Å². The Balaban J connectivity index is 1.53. The van der Waals surface area contributed by atoms with Crippen LogP contribution in [0.3, 0.4) is 0 Å². The van der Waals surface area contributed by atoms with Crippen molar-refractivity contribution in [1.82, 2.24) is 10.2 Å². The molecule has 0 aromatic heterocycles. The Kier molecular flexibility index (Phi) is 4.56. The predicted molar refractivity (Wildman–Crippen MR) is 84.9 cm³/mol. The number of carbonyl (C=O) groups is 2. The molecule has 4 heteroatoms. The van der Waals surface area contributed by atoms with E-state index in [0.29, 0.717) is 19.5 Å². The number of hydrogen-bond donors (Lipinski definition) is 1. The van der Waals surface area contributed by atoms with Gasteiger partial charge in [-0.15, -0.1) is 0 Å². The van der Waals surface area contributed by atoms with Crippen molar-refractivity contribution < 1.29 is 9.59 Å². The number of carbonyl (C=O) groups excluding carboxylic acids is 2. The fraction of sp³-hybridized carbons (Fsp3) is 0.444. The molecule has 2 unspecified atom stereocenters. The minimum atomic E-state index is -0.0466. The molecule has 4 nitrogen and oxygen atoms in total. The zero-order valence-electron chi connectivity index (χ0n) is 12.7. The quantitative estimate of drug-likeness (QED) is 0.867. The van der Waals surface area contributed by atoms with Gasteiger partial charge in [0.2, 0.25) is 11.8 Å². The van der Waals surface area contributed by atoms with Gasteiger partial charge in [-0.25, -0.2) is 0 Å². The molecule has 1 aliphatic heterocycles. The van der Waals surface area contributed by atoms with Crippen molar-refractivity contribution in [1.29, 1.82) is 0 Å². The van der Waals surface area contributed by atoms with Gasteiger partial charge in [0, 0.05) is 25.4 Å². The van der Waals surface area contributed by atoms with Gasteiger partial charge in [-0.1, -0.05) is 42.5 Å². The van der Waals surface area contributed by atoms with E-state index in [4.69, 9.17) is 0 Å². The van der Waals surface area contributed by atoms with Gasteiger partial charge in [0.25, 0.3) is 0 Å². The molecule has 1 aliphatic carbocycles. The minimum Gasteiger partial charge on any atom is -0.351 e. The van der Waals surface area contributed by atoms with E-state index in [1.165, 1.54) is 0 Å². The van der Waals surface area contributed by atoms with Crippen LogP contribution >= 0.6 is 0 Å². The molecule has 2 aliphatic rings. The Labute approximate surface area is 131 Å². The first-order valence-electron chi connectivity index (χ1n) is 7.99. The Morgan fingerprint density at radius 1 is 1.23 bits per heavy atom. The topological polar surface area (TPSA) is 49.4 Å². The molecule has 1 N–H and O–H groups in total. The molecule has 0 bridgehead atoms. The van der Waals surface area contributed by atoms with Crippen LogP contribution < -0.4 is 5.32 Å². The smallest absolute Gasteiger partial charge is 0.225 e. The van der Waals surface area contributed by atoms with Crippen LogP contribution in [0.15, 0.2) is 42.5 Å². The van der Waals surface area contributed by atoms with Crippen molar-refractivity contribution in [2.45, 2.75) is 38.3 Å². The largest absolute Gasteiger partial charge is 0.351 e. The fourth-order valence-corrected chi connectivity index (χ4v) is 3.18. The lowest BCUT2D eigenvalue weighted by Crippen LogP contribution is -2.40. The molecule has 116 valence electrons. The van der Waals surface area contributed by atoms with Crippen LogP contribution in [0.5, 0.6) is 0 Å². The Bertz CT molecular complexity index is 568. The molecule has 2 amide bonds. The van der Waals surface area contributed by atoms with Gasteiger partial charge in [-0.05, 0) is 24.8 Å². The Morgan fingerprint density at radius 2 is 2.05 bits per heavy atom. The highest BCUT2D eigenvalue weighted by atomic mass is 16.2. The molecular formula is C18H22N2O2. The SMILES string of the molecule is O=C(NC1CC(=O)N(Cc2ccccc2)C1)C1CC=CCC1. The molecule has 2 atom stereocenters. The zero-order chi connectivity index (χ0) is 15.4. The van der Waals surface area contributed by atoms with E-state index in [-0.39, 0.29) is 23.8 Å². The highest BCUT2D eigenvalue weighted by molar-refractivity contribution is 5.83. The van der Waals surface area contributed by atoms with Gasteiger partial charge in [-0.3, -0.25) is 9.59 Å². The molecule has 1 saturated heterocycles. The van der Waals surface area contributed by atoms with Crippen LogP contribution in [0.1, 0.15) is 31.2 Å². The monoisotopic (exact) mass is 298 g/mol. The molecule has 1 aromatic rings. The highest BCUT2D eigenvalue weighted by Gasteiger charge is 2.31. The summed E-state index contributed by atoms with van der Waals surface area (Å²) in [7, 11) is 0. The van der Waals surface area contributed by atoms with Crippen molar-refractivity contribution >= 4 is 11.8 Å². The number of benzene rings is 1. The number of likely N-dealkylation sites (tertiary alicyclic amines) is 1. The van der Waals surface area contributed by atoms with Gasteiger partial charge < -0.3 is 10.2 Å². The molecule has 3 rings (SSSR count). The summed E-state index contributed by atoms with van der Waals surface area (Å²) in [6.07, 6.45) is 7.33. The first kappa shape index (κ1) is 14.8. The van der Waals surface area contributed by atoms with Crippen LogP contribution in [-0.2, 0) is 16.1 Å². The number of rotatable bonds is 4. The third-order valence-corrected chi connectivity index (χ3v) is 4.42. The summed E-state index contributed by atoms with van der Waals surface area (Å²) >= 11 is 0. The van der Waals surface area contributed by atoms with Crippen molar-refractivity contribution in [3.63, 3.8) is 0 Å². The van der Waals surface area contributed by atoms with Crippen LogP contribution in [-0.4, -0.2) is 29.3 Å². The normalized spacial score (nSPS) is 24.5. The number of nitrogens with zero attached hydrogens (tertiary/aromatic N) is 1. The fourth-order valence-electron chi connectivity index (χ4n) is 3.18. The van der Waals surface area contributed by atoms with Gasteiger partial charge in [0.15, 0.2) is 0 Å². The first-order valence-corrected chi connectivity index (χ1v) is 7.99. The van der Waals surface area contributed by atoms with Crippen LogP contribution in [0, 0.1) is 5.92 Å². The second-order valence-corrected chi connectivity index (χ2v) is 6.15. The molecule has 0 spiro atoms. The Morgan fingerprint density at radius 3 is 2.77 bits per heavy atom. The summed E-state index contributed by atoms with van der Waals surface area (Å²) in [4.78, 5) is 26.2. The lowest BCUT2D eigenvalue weighted by molar-refractivity contribution is -0.128. The van der Waals surface area contributed by atoms with E-state index in [1.807, 2.05) is 35.2 Å². The Hall–Kier alpha value is -2.10. The summed E-state index contributed by atoms with van der Waals surface area (Å²) in [5, 5.41) is 3.06. The van der Waals surface area contributed by atoms with E-state index < -0.39 is 0 Å². The summed E-state index contributed by atoms with van der Waals surface area (Å²) < 4.78 is 0. The van der Waals surface area contributed by atoms with Crippen molar-refractivity contribution in [3.05, 3.63) is 48.0 Å². The minimum absolute atomic E-state index is 0.0466. The number of amides is 2. The average molecular weight is 298 g/mol. The average Bonchev–Trinajstić information content (AvgIpc) is 2.88. The maximum atomic E-state index is 12.3. The van der Waals surface area contributed by atoms with Gasteiger partial charge in [0.1, 0.15) is 0 Å². The van der Waals surface area contributed by atoms with E-state index in [1.54, 1.807) is 0 Å². The summed E-state index contributed by atoms with van der Waals surface area (Å²) in [5.41, 5.74) is 1.13. The standard InChI is InChI=1S/C18H22N2O2/c21-17-11-16(19-18(22)15-9-5-2-6-10-15)13-20(17)12-14-7-3-1-4-8-14/h1-5,7-8,15-16H,6,9-13H2,(H,19,22). The number of allylic oxidation sites excluding steroid dienone is 2. The van der Waals surface area contributed by atoms with Crippen LogP contribution in [0.4, 0.5) is 0 Å². The van der Waals surface area contributed by atoms with E-state index >= 15 is 0 Å². The third kappa shape index (κ3) is 3.56. The van der Waals surface area contributed by atoms with Crippen molar-refractivity contribution in [2.75, 3.05) is 6.54 Å². The van der Waals surface area contributed by atoms with Gasteiger partial charge >= 0.3 is 0 Å². The maximum absolute atomic E-state index is 12.3. The first-order chi connectivity index (χ1) is 10.7.